The lowest BCUT2D eigenvalue weighted by Crippen LogP contribution is -2.14. The van der Waals surface area contributed by atoms with Crippen LogP contribution in [-0.4, -0.2) is 8.42 Å². The van der Waals surface area contributed by atoms with Crippen LogP contribution in [0.5, 0.6) is 0 Å². The topological polar surface area (TPSA) is 46.2 Å². The lowest BCUT2D eigenvalue weighted by molar-refractivity contribution is 0.555. The Morgan fingerprint density at radius 1 is 0.818 bits per heavy atom. The van der Waals surface area contributed by atoms with Crippen molar-refractivity contribution in [2.45, 2.75) is 4.90 Å². The number of hydrogen-bond donors (Lipinski definition) is 1. The van der Waals surface area contributed by atoms with Crippen LogP contribution in [0.25, 0.3) is 10.8 Å². The van der Waals surface area contributed by atoms with Gasteiger partial charge in [-0.2, -0.15) is 0 Å². The summed E-state index contributed by atoms with van der Waals surface area (Å²) in [5.74, 6) is -1.82. The Morgan fingerprint density at radius 3 is 2.32 bits per heavy atom. The number of halogens is 2. The van der Waals surface area contributed by atoms with Gasteiger partial charge in [0, 0.05) is 5.69 Å². The highest BCUT2D eigenvalue weighted by Gasteiger charge is 2.20. The average molecular weight is 319 g/mol. The van der Waals surface area contributed by atoms with Crippen molar-refractivity contribution in [3.05, 3.63) is 72.3 Å². The van der Waals surface area contributed by atoms with Gasteiger partial charge < -0.3 is 0 Å². The smallest absolute Gasteiger partial charge is 0.264 e. The maximum Gasteiger partial charge on any atom is 0.264 e. The van der Waals surface area contributed by atoms with E-state index >= 15 is 0 Å². The molecule has 0 aliphatic carbocycles. The third-order valence-corrected chi connectivity index (χ3v) is 4.58. The van der Waals surface area contributed by atoms with Crippen LogP contribution in [0.1, 0.15) is 0 Å². The maximum atomic E-state index is 13.6. The summed E-state index contributed by atoms with van der Waals surface area (Å²) in [5.41, 5.74) is 0.280. The highest BCUT2D eigenvalue weighted by atomic mass is 32.2. The van der Waals surface area contributed by atoms with Crippen LogP contribution in [0.4, 0.5) is 14.5 Å². The Labute approximate surface area is 126 Å². The van der Waals surface area contributed by atoms with Gasteiger partial charge in [-0.05, 0) is 41.1 Å². The largest absolute Gasteiger partial charge is 0.280 e. The van der Waals surface area contributed by atoms with E-state index in [1.807, 2.05) is 24.3 Å². The van der Waals surface area contributed by atoms with Crippen molar-refractivity contribution in [2.75, 3.05) is 4.72 Å². The normalized spacial score (nSPS) is 11.5. The van der Waals surface area contributed by atoms with Crippen molar-refractivity contribution in [1.29, 1.82) is 0 Å². The molecule has 0 amide bonds. The number of sulfonamides is 1. The Bertz CT molecular complexity index is 955. The molecule has 3 aromatic carbocycles. The summed E-state index contributed by atoms with van der Waals surface area (Å²) >= 11 is 0. The highest BCUT2D eigenvalue weighted by molar-refractivity contribution is 7.92. The Balaban J connectivity index is 2.01. The van der Waals surface area contributed by atoms with E-state index < -0.39 is 26.6 Å². The first kappa shape index (κ1) is 14.5. The van der Waals surface area contributed by atoms with E-state index in [0.29, 0.717) is 6.07 Å². The van der Waals surface area contributed by atoms with E-state index in [2.05, 4.69) is 4.72 Å². The quantitative estimate of drug-likeness (QED) is 0.795. The number of fused-ring (bicyclic) bond motifs is 1. The van der Waals surface area contributed by atoms with Crippen molar-refractivity contribution in [3.8, 4) is 0 Å². The zero-order chi connectivity index (χ0) is 15.7. The second kappa shape index (κ2) is 5.38. The fourth-order valence-electron chi connectivity index (χ4n) is 2.15. The molecule has 0 atom stereocenters. The Kier molecular flexibility index (Phi) is 3.54. The van der Waals surface area contributed by atoms with Gasteiger partial charge in [0.15, 0.2) is 0 Å². The van der Waals surface area contributed by atoms with Gasteiger partial charge in [-0.25, -0.2) is 17.2 Å². The molecule has 0 aliphatic rings. The summed E-state index contributed by atoms with van der Waals surface area (Å²) in [6.07, 6.45) is 0. The predicted octanol–water partition coefficient (Wildman–Crippen LogP) is 3.92. The fourth-order valence-corrected chi connectivity index (χ4v) is 3.29. The minimum Gasteiger partial charge on any atom is -0.280 e. The van der Waals surface area contributed by atoms with E-state index in [1.54, 1.807) is 18.2 Å². The molecular formula is C16H11F2NO2S. The fraction of sp³-hybridized carbons (Fsp3) is 0. The molecule has 0 fully saturated rings. The number of nitrogens with one attached hydrogen (secondary N) is 1. The summed E-state index contributed by atoms with van der Waals surface area (Å²) in [7, 11) is -4.20. The van der Waals surface area contributed by atoms with Gasteiger partial charge in [-0.15, -0.1) is 0 Å². The number of hydrogen-bond acceptors (Lipinski definition) is 2. The van der Waals surface area contributed by atoms with Gasteiger partial charge in [0.05, 0.1) is 0 Å². The molecule has 1 N–H and O–H groups in total. The second-order valence-corrected chi connectivity index (χ2v) is 6.39. The van der Waals surface area contributed by atoms with Gasteiger partial charge in [-0.3, -0.25) is 4.72 Å². The minimum absolute atomic E-state index is 0.280. The molecule has 22 heavy (non-hydrogen) atoms. The Hall–Kier alpha value is -2.47. The molecule has 3 aromatic rings. The third-order valence-electron chi connectivity index (χ3n) is 3.18. The van der Waals surface area contributed by atoms with Gasteiger partial charge in [-0.1, -0.05) is 30.3 Å². The zero-order valence-corrected chi connectivity index (χ0v) is 12.1. The molecule has 0 spiro atoms. The van der Waals surface area contributed by atoms with Gasteiger partial charge >= 0.3 is 0 Å². The van der Waals surface area contributed by atoms with Crippen molar-refractivity contribution < 1.29 is 17.2 Å². The molecule has 3 rings (SSSR count). The van der Waals surface area contributed by atoms with E-state index in [9.17, 15) is 17.2 Å². The first-order valence-corrected chi connectivity index (χ1v) is 7.91. The molecule has 6 heteroatoms. The molecule has 0 unspecified atom stereocenters. The van der Waals surface area contributed by atoms with Crippen LogP contribution < -0.4 is 4.72 Å². The zero-order valence-electron chi connectivity index (χ0n) is 11.3. The van der Waals surface area contributed by atoms with Crippen LogP contribution in [0.15, 0.2) is 65.6 Å². The Morgan fingerprint density at radius 2 is 1.55 bits per heavy atom. The summed E-state index contributed by atoms with van der Waals surface area (Å²) in [6, 6.07) is 14.7. The first-order chi connectivity index (χ1) is 10.5. The maximum absolute atomic E-state index is 13.6. The number of anilines is 1. The van der Waals surface area contributed by atoms with Crippen LogP contribution >= 0.6 is 0 Å². The SMILES string of the molecule is O=S(=O)(Nc1ccc2ccccc2c1)c1cc(F)ccc1F. The molecule has 0 radical (unpaired) electrons. The van der Waals surface area contributed by atoms with E-state index in [0.717, 1.165) is 22.9 Å². The molecule has 0 aliphatic heterocycles. The van der Waals surface area contributed by atoms with Crippen molar-refractivity contribution in [1.82, 2.24) is 0 Å². The van der Waals surface area contributed by atoms with E-state index in [1.165, 1.54) is 0 Å². The van der Waals surface area contributed by atoms with E-state index in [-0.39, 0.29) is 5.69 Å². The van der Waals surface area contributed by atoms with Crippen molar-refractivity contribution in [2.24, 2.45) is 0 Å². The number of rotatable bonds is 3. The molecule has 112 valence electrons. The molecule has 3 nitrogen and oxygen atoms in total. The molecule has 0 bridgehead atoms. The van der Waals surface area contributed by atoms with Crippen LogP contribution in [0, 0.1) is 11.6 Å². The van der Waals surface area contributed by atoms with Gasteiger partial charge in [0.1, 0.15) is 16.5 Å². The predicted molar refractivity (Wildman–Crippen MR) is 81.1 cm³/mol. The molecule has 0 saturated heterocycles. The molecule has 0 saturated carbocycles. The van der Waals surface area contributed by atoms with Crippen LogP contribution in [0.2, 0.25) is 0 Å². The third kappa shape index (κ3) is 2.78. The molecule has 0 heterocycles. The lowest BCUT2D eigenvalue weighted by atomic mass is 10.1. The minimum atomic E-state index is -4.20. The summed E-state index contributed by atoms with van der Waals surface area (Å²) in [5, 5.41) is 1.78. The van der Waals surface area contributed by atoms with Crippen LogP contribution in [0.3, 0.4) is 0 Å². The number of benzene rings is 3. The van der Waals surface area contributed by atoms with Crippen molar-refractivity contribution >= 4 is 26.5 Å². The monoisotopic (exact) mass is 319 g/mol. The van der Waals surface area contributed by atoms with Gasteiger partial charge in [0.25, 0.3) is 10.0 Å². The average Bonchev–Trinajstić information content (AvgIpc) is 2.49. The van der Waals surface area contributed by atoms with E-state index in [4.69, 9.17) is 0 Å². The molecule has 0 aromatic heterocycles. The van der Waals surface area contributed by atoms with Crippen LogP contribution in [-0.2, 0) is 10.0 Å². The van der Waals surface area contributed by atoms with Gasteiger partial charge in [0.2, 0.25) is 0 Å². The highest BCUT2D eigenvalue weighted by Crippen LogP contribution is 2.23. The summed E-state index contributed by atoms with van der Waals surface area (Å²) in [4.78, 5) is -0.722. The lowest BCUT2D eigenvalue weighted by Gasteiger charge is -2.10. The second-order valence-electron chi connectivity index (χ2n) is 4.74. The standard InChI is InChI=1S/C16H11F2NO2S/c17-13-6-8-15(18)16(10-13)22(20,21)19-14-7-5-11-3-1-2-4-12(11)9-14/h1-10,19H. The summed E-state index contributed by atoms with van der Waals surface area (Å²) in [6.45, 7) is 0. The first-order valence-electron chi connectivity index (χ1n) is 6.42. The van der Waals surface area contributed by atoms with Crippen molar-refractivity contribution in [3.63, 3.8) is 0 Å². The molecular weight excluding hydrogens is 308 g/mol. The summed E-state index contributed by atoms with van der Waals surface area (Å²) < 4.78 is 53.4.